The first kappa shape index (κ1) is 8.69. The molecule has 2 rings (SSSR count). The van der Waals surface area contributed by atoms with Gasteiger partial charge < -0.3 is 5.11 Å². The van der Waals surface area contributed by atoms with Crippen molar-refractivity contribution in [3.05, 3.63) is 48.5 Å². The summed E-state index contributed by atoms with van der Waals surface area (Å²) >= 11 is 0. The van der Waals surface area contributed by atoms with Gasteiger partial charge in [-0.2, -0.15) is 4.39 Å². The predicted octanol–water partition coefficient (Wildman–Crippen LogP) is 2.59. The molecule has 0 spiro atoms. The van der Waals surface area contributed by atoms with Crippen LogP contribution in [0.1, 0.15) is 0 Å². The maximum absolute atomic E-state index is 12.8. The Labute approximate surface area is 80.7 Å². The number of phenolic OH excluding ortho intramolecular Hbond substituents is 1. The van der Waals surface area contributed by atoms with E-state index in [-0.39, 0.29) is 5.75 Å². The molecule has 0 amide bonds. The minimum atomic E-state index is -0.550. The Morgan fingerprint density at radius 1 is 1.14 bits per heavy atom. The van der Waals surface area contributed by atoms with Crippen molar-refractivity contribution in [2.75, 3.05) is 0 Å². The van der Waals surface area contributed by atoms with E-state index in [0.717, 1.165) is 0 Å². The maximum atomic E-state index is 12.8. The molecule has 2 nitrogen and oxygen atoms in total. The molecule has 3 heteroatoms. The molecule has 0 atom stereocenters. The summed E-state index contributed by atoms with van der Waals surface area (Å²) in [5.74, 6) is -0.413. The molecule has 0 unspecified atom stereocenters. The molecule has 0 saturated heterocycles. The highest BCUT2D eigenvalue weighted by Gasteiger charge is 2.03. The first-order chi connectivity index (χ1) is 6.77. The van der Waals surface area contributed by atoms with Crippen LogP contribution in [0.2, 0.25) is 0 Å². The molecule has 0 saturated carbocycles. The molecule has 0 fully saturated rings. The number of hydrogen-bond donors (Lipinski definition) is 1. The Bertz CT molecular complexity index is 457. The van der Waals surface area contributed by atoms with Crippen molar-refractivity contribution in [2.45, 2.75) is 0 Å². The fourth-order valence-electron chi connectivity index (χ4n) is 1.29. The van der Waals surface area contributed by atoms with Crippen LogP contribution in [-0.2, 0) is 0 Å². The van der Waals surface area contributed by atoms with E-state index in [1.54, 1.807) is 30.3 Å². The summed E-state index contributed by atoms with van der Waals surface area (Å²) < 4.78 is 12.8. The van der Waals surface area contributed by atoms with Crippen LogP contribution in [0.25, 0.3) is 11.1 Å². The summed E-state index contributed by atoms with van der Waals surface area (Å²) in [4.78, 5) is 3.45. The number of halogens is 1. The topological polar surface area (TPSA) is 33.1 Å². The van der Waals surface area contributed by atoms with Gasteiger partial charge in [-0.25, -0.2) is 4.98 Å². The number of aromatic nitrogens is 1. The largest absolute Gasteiger partial charge is 0.507 e. The van der Waals surface area contributed by atoms with E-state index < -0.39 is 5.95 Å². The van der Waals surface area contributed by atoms with Gasteiger partial charge in [0.15, 0.2) is 0 Å². The summed E-state index contributed by atoms with van der Waals surface area (Å²) in [5, 5.41) is 9.51. The Morgan fingerprint density at radius 3 is 2.64 bits per heavy atom. The lowest BCUT2D eigenvalue weighted by atomic mass is 10.1. The number of hydrogen-bond acceptors (Lipinski definition) is 2. The Balaban J connectivity index is 2.55. The lowest BCUT2D eigenvalue weighted by Gasteiger charge is -2.03. The molecule has 0 bridgehead atoms. The van der Waals surface area contributed by atoms with Crippen molar-refractivity contribution >= 4 is 0 Å². The summed E-state index contributed by atoms with van der Waals surface area (Å²) in [5.41, 5.74) is 1.23. The van der Waals surface area contributed by atoms with Crippen molar-refractivity contribution in [3.63, 3.8) is 0 Å². The molecule has 1 N–H and O–H groups in total. The molecule has 1 heterocycles. The van der Waals surface area contributed by atoms with Crippen molar-refractivity contribution in [2.24, 2.45) is 0 Å². The Hall–Kier alpha value is -1.90. The minimum absolute atomic E-state index is 0.137. The highest BCUT2D eigenvalue weighted by atomic mass is 19.1. The molecule has 0 aliphatic heterocycles. The van der Waals surface area contributed by atoms with E-state index in [1.807, 2.05) is 0 Å². The lowest BCUT2D eigenvalue weighted by molar-refractivity contribution is 0.477. The number of para-hydroxylation sites is 1. The van der Waals surface area contributed by atoms with Crippen LogP contribution in [0.4, 0.5) is 4.39 Å². The first-order valence-corrected chi connectivity index (χ1v) is 4.17. The Kier molecular flexibility index (Phi) is 2.14. The van der Waals surface area contributed by atoms with E-state index in [2.05, 4.69) is 4.98 Å². The fourth-order valence-corrected chi connectivity index (χ4v) is 1.29. The van der Waals surface area contributed by atoms with Crippen molar-refractivity contribution < 1.29 is 9.50 Å². The molecule has 1 aromatic carbocycles. The van der Waals surface area contributed by atoms with Crippen molar-refractivity contribution in [3.8, 4) is 16.9 Å². The second kappa shape index (κ2) is 3.46. The van der Waals surface area contributed by atoms with Gasteiger partial charge in [-0.15, -0.1) is 0 Å². The monoisotopic (exact) mass is 189 g/mol. The zero-order valence-corrected chi connectivity index (χ0v) is 7.31. The van der Waals surface area contributed by atoms with Gasteiger partial charge >= 0.3 is 0 Å². The van der Waals surface area contributed by atoms with Gasteiger partial charge in [0.2, 0.25) is 5.95 Å². The van der Waals surface area contributed by atoms with E-state index in [9.17, 15) is 9.50 Å². The van der Waals surface area contributed by atoms with Crippen LogP contribution >= 0.6 is 0 Å². The zero-order chi connectivity index (χ0) is 9.97. The van der Waals surface area contributed by atoms with Gasteiger partial charge in [0, 0.05) is 17.8 Å². The second-order valence-electron chi connectivity index (χ2n) is 2.88. The van der Waals surface area contributed by atoms with Crippen molar-refractivity contribution in [1.82, 2.24) is 4.98 Å². The third-order valence-corrected chi connectivity index (χ3v) is 1.94. The quantitative estimate of drug-likeness (QED) is 0.699. The standard InChI is InChI=1S/C11H8FNO/c12-11-7-8(5-6-13-11)9-3-1-2-4-10(9)14/h1-7,14H. The molecule has 2 aromatic rings. The van der Waals surface area contributed by atoms with Crippen LogP contribution in [0.5, 0.6) is 5.75 Å². The SMILES string of the molecule is Oc1ccccc1-c1ccnc(F)c1. The first-order valence-electron chi connectivity index (χ1n) is 4.17. The van der Waals surface area contributed by atoms with Crippen LogP contribution < -0.4 is 0 Å². The normalized spacial score (nSPS) is 10.1. The maximum Gasteiger partial charge on any atom is 0.213 e. The third kappa shape index (κ3) is 1.57. The predicted molar refractivity (Wildman–Crippen MR) is 51.3 cm³/mol. The van der Waals surface area contributed by atoms with Crippen LogP contribution in [0.15, 0.2) is 42.6 Å². The number of aromatic hydroxyl groups is 1. The van der Waals surface area contributed by atoms with Gasteiger partial charge in [-0.05, 0) is 17.7 Å². The van der Waals surface area contributed by atoms with E-state index in [1.165, 1.54) is 12.3 Å². The third-order valence-electron chi connectivity index (χ3n) is 1.94. The van der Waals surface area contributed by atoms with Gasteiger partial charge in [-0.3, -0.25) is 0 Å². The smallest absolute Gasteiger partial charge is 0.213 e. The molecule has 0 aliphatic rings. The summed E-state index contributed by atoms with van der Waals surface area (Å²) in [6, 6.07) is 9.73. The van der Waals surface area contributed by atoms with Crippen LogP contribution in [0, 0.1) is 5.95 Å². The fraction of sp³-hybridized carbons (Fsp3) is 0. The van der Waals surface area contributed by atoms with Gasteiger partial charge in [-0.1, -0.05) is 18.2 Å². The number of rotatable bonds is 1. The van der Waals surface area contributed by atoms with E-state index in [0.29, 0.717) is 11.1 Å². The highest BCUT2D eigenvalue weighted by Crippen LogP contribution is 2.27. The molecule has 14 heavy (non-hydrogen) atoms. The van der Waals surface area contributed by atoms with Crippen LogP contribution in [0.3, 0.4) is 0 Å². The molecule has 70 valence electrons. The van der Waals surface area contributed by atoms with E-state index in [4.69, 9.17) is 0 Å². The average molecular weight is 189 g/mol. The molecule has 0 aliphatic carbocycles. The highest BCUT2D eigenvalue weighted by molar-refractivity contribution is 5.69. The number of pyridine rings is 1. The lowest BCUT2D eigenvalue weighted by Crippen LogP contribution is -1.83. The van der Waals surface area contributed by atoms with Gasteiger partial charge in [0.05, 0.1) is 0 Å². The molecule has 1 aromatic heterocycles. The summed E-state index contributed by atoms with van der Waals surface area (Å²) in [7, 11) is 0. The second-order valence-corrected chi connectivity index (χ2v) is 2.88. The molecule has 0 radical (unpaired) electrons. The van der Waals surface area contributed by atoms with Crippen molar-refractivity contribution in [1.29, 1.82) is 0 Å². The minimum Gasteiger partial charge on any atom is -0.507 e. The summed E-state index contributed by atoms with van der Waals surface area (Å²) in [6.07, 6.45) is 1.37. The van der Waals surface area contributed by atoms with Gasteiger partial charge in [0.1, 0.15) is 5.75 Å². The summed E-state index contributed by atoms with van der Waals surface area (Å²) in [6.45, 7) is 0. The van der Waals surface area contributed by atoms with E-state index >= 15 is 0 Å². The Morgan fingerprint density at radius 2 is 1.93 bits per heavy atom. The van der Waals surface area contributed by atoms with Gasteiger partial charge in [0.25, 0.3) is 0 Å². The van der Waals surface area contributed by atoms with Crippen LogP contribution in [-0.4, -0.2) is 10.1 Å². The zero-order valence-electron chi connectivity index (χ0n) is 7.31. The average Bonchev–Trinajstić information content (AvgIpc) is 2.18. The number of nitrogens with zero attached hydrogens (tertiary/aromatic N) is 1. The molecular weight excluding hydrogens is 181 g/mol. The number of benzene rings is 1. The molecular formula is C11H8FNO. The number of phenols is 1.